The van der Waals surface area contributed by atoms with Gasteiger partial charge in [-0.1, -0.05) is 24.3 Å². The van der Waals surface area contributed by atoms with E-state index in [4.69, 9.17) is 4.98 Å². The van der Waals surface area contributed by atoms with E-state index in [1.54, 1.807) is 0 Å². The summed E-state index contributed by atoms with van der Waals surface area (Å²) in [7, 11) is 0. The highest BCUT2D eigenvalue weighted by atomic mass is 32.2. The molecule has 0 spiro atoms. The first-order chi connectivity index (χ1) is 9.31. The van der Waals surface area contributed by atoms with Gasteiger partial charge in [0.05, 0.1) is 17.0 Å². The summed E-state index contributed by atoms with van der Waals surface area (Å²) in [6, 6.07) is 15.0. The van der Waals surface area contributed by atoms with Crippen LogP contribution in [0.2, 0.25) is 0 Å². The highest BCUT2D eigenvalue weighted by molar-refractivity contribution is 7.99. The number of H-pyrrole nitrogens is 1. The molecule has 0 bridgehead atoms. The number of aromatic nitrogens is 2. The molecule has 0 aliphatic carbocycles. The minimum atomic E-state index is 0.397. The predicted molar refractivity (Wildman–Crippen MR) is 79.8 cm³/mol. The quantitative estimate of drug-likeness (QED) is 0.718. The summed E-state index contributed by atoms with van der Waals surface area (Å²) in [5, 5.41) is 0. The number of aryl methyl sites for hydroxylation is 1. The third-order valence-electron chi connectivity index (χ3n) is 3.69. The van der Waals surface area contributed by atoms with E-state index in [1.165, 1.54) is 16.0 Å². The molecule has 0 amide bonds. The van der Waals surface area contributed by atoms with Gasteiger partial charge in [-0.3, -0.25) is 0 Å². The van der Waals surface area contributed by atoms with Gasteiger partial charge in [-0.25, -0.2) is 4.98 Å². The molecule has 0 saturated heterocycles. The Morgan fingerprint density at radius 1 is 1.21 bits per heavy atom. The van der Waals surface area contributed by atoms with Crippen molar-refractivity contribution >= 4 is 22.8 Å². The molecule has 1 atom stereocenters. The summed E-state index contributed by atoms with van der Waals surface area (Å²) in [4.78, 5) is 9.65. The van der Waals surface area contributed by atoms with Gasteiger partial charge in [-0.2, -0.15) is 0 Å². The zero-order valence-corrected chi connectivity index (χ0v) is 11.5. The number of thioether (sulfide) groups is 1. The summed E-state index contributed by atoms with van der Waals surface area (Å²) in [6.45, 7) is 2.11. The van der Waals surface area contributed by atoms with E-state index in [1.807, 2.05) is 11.8 Å². The van der Waals surface area contributed by atoms with Crippen molar-refractivity contribution in [3.63, 3.8) is 0 Å². The van der Waals surface area contributed by atoms with Crippen LogP contribution in [0.5, 0.6) is 0 Å². The van der Waals surface area contributed by atoms with E-state index in [0.717, 1.165) is 22.6 Å². The van der Waals surface area contributed by atoms with Crippen LogP contribution in [0, 0.1) is 6.92 Å². The van der Waals surface area contributed by atoms with Crippen LogP contribution >= 0.6 is 11.8 Å². The number of benzene rings is 2. The molecule has 1 aliphatic heterocycles. The number of rotatable bonds is 1. The van der Waals surface area contributed by atoms with Gasteiger partial charge in [0.1, 0.15) is 5.82 Å². The molecule has 1 N–H and O–H groups in total. The van der Waals surface area contributed by atoms with Crippen molar-refractivity contribution in [1.29, 1.82) is 0 Å². The van der Waals surface area contributed by atoms with Gasteiger partial charge in [0.2, 0.25) is 0 Å². The monoisotopic (exact) mass is 266 g/mol. The van der Waals surface area contributed by atoms with Crippen molar-refractivity contribution in [3.05, 3.63) is 59.4 Å². The first kappa shape index (κ1) is 11.1. The molecule has 3 aromatic rings. The fraction of sp³-hybridized carbons (Fsp3) is 0.188. The first-order valence-electron chi connectivity index (χ1n) is 6.49. The molecule has 4 rings (SSSR count). The maximum Gasteiger partial charge on any atom is 0.115 e. The first-order valence-corrected chi connectivity index (χ1v) is 7.48. The van der Waals surface area contributed by atoms with Crippen molar-refractivity contribution < 1.29 is 0 Å². The van der Waals surface area contributed by atoms with Crippen LogP contribution in [0.4, 0.5) is 0 Å². The number of fused-ring (bicyclic) bond motifs is 2. The lowest BCUT2D eigenvalue weighted by Crippen LogP contribution is -2.01. The average Bonchev–Trinajstić information content (AvgIpc) is 3.00. The third kappa shape index (κ3) is 1.77. The van der Waals surface area contributed by atoms with Crippen molar-refractivity contribution in [3.8, 4) is 0 Å². The number of imidazole rings is 1. The topological polar surface area (TPSA) is 28.7 Å². The van der Waals surface area contributed by atoms with E-state index in [0.29, 0.717) is 5.92 Å². The second kappa shape index (κ2) is 4.14. The SMILES string of the molecule is Cc1ccc2nc(C3CSc4ccccc43)[nH]c2c1. The molecule has 94 valence electrons. The second-order valence-electron chi connectivity index (χ2n) is 5.04. The lowest BCUT2D eigenvalue weighted by molar-refractivity contribution is 0.859. The molecule has 0 fully saturated rings. The Balaban J connectivity index is 1.83. The molecule has 19 heavy (non-hydrogen) atoms. The van der Waals surface area contributed by atoms with Crippen LogP contribution < -0.4 is 0 Å². The van der Waals surface area contributed by atoms with Gasteiger partial charge in [-0.15, -0.1) is 11.8 Å². The molecule has 2 nitrogen and oxygen atoms in total. The van der Waals surface area contributed by atoms with Crippen LogP contribution in [-0.4, -0.2) is 15.7 Å². The zero-order valence-electron chi connectivity index (χ0n) is 10.7. The normalized spacial score (nSPS) is 17.8. The molecule has 1 unspecified atom stereocenters. The Labute approximate surface area is 116 Å². The Morgan fingerprint density at radius 2 is 2.11 bits per heavy atom. The summed E-state index contributed by atoms with van der Waals surface area (Å²) >= 11 is 1.92. The maximum atomic E-state index is 4.77. The van der Waals surface area contributed by atoms with Gasteiger partial charge < -0.3 is 4.98 Å². The number of aromatic amines is 1. The van der Waals surface area contributed by atoms with Crippen molar-refractivity contribution in [2.75, 3.05) is 5.75 Å². The molecule has 0 saturated carbocycles. The smallest absolute Gasteiger partial charge is 0.115 e. The Hall–Kier alpha value is -1.74. The van der Waals surface area contributed by atoms with Crippen molar-refractivity contribution in [2.24, 2.45) is 0 Å². The maximum absolute atomic E-state index is 4.77. The summed E-state index contributed by atoms with van der Waals surface area (Å²) in [5.74, 6) is 2.57. The minimum absolute atomic E-state index is 0.397. The van der Waals surface area contributed by atoms with Gasteiger partial charge >= 0.3 is 0 Å². The summed E-state index contributed by atoms with van der Waals surface area (Å²) < 4.78 is 0. The molecular weight excluding hydrogens is 252 g/mol. The van der Waals surface area contributed by atoms with E-state index in [2.05, 4.69) is 54.4 Å². The van der Waals surface area contributed by atoms with E-state index < -0.39 is 0 Å². The predicted octanol–water partition coefficient (Wildman–Crippen LogP) is 4.11. The molecule has 3 heteroatoms. The second-order valence-corrected chi connectivity index (χ2v) is 6.11. The number of nitrogens with zero attached hydrogens (tertiary/aromatic N) is 1. The van der Waals surface area contributed by atoms with Gasteiger partial charge in [0.15, 0.2) is 0 Å². The Bertz CT molecular complexity index is 760. The molecule has 1 aromatic heterocycles. The van der Waals surface area contributed by atoms with Gasteiger partial charge in [0, 0.05) is 10.6 Å². The summed E-state index contributed by atoms with van der Waals surface area (Å²) in [6.07, 6.45) is 0. The molecule has 1 aliphatic rings. The third-order valence-corrected chi connectivity index (χ3v) is 4.87. The highest BCUT2D eigenvalue weighted by Gasteiger charge is 2.26. The standard InChI is InChI=1S/C16H14N2S/c1-10-6-7-13-14(8-10)18-16(17-13)12-9-19-15-5-3-2-4-11(12)15/h2-8,12H,9H2,1H3,(H,17,18). The fourth-order valence-electron chi connectivity index (χ4n) is 2.70. The highest BCUT2D eigenvalue weighted by Crippen LogP contribution is 2.42. The zero-order chi connectivity index (χ0) is 12.8. The largest absolute Gasteiger partial charge is 0.341 e. The van der Waals surface area contributed by atoms with Crippen molar-refractivity contribution in [1.82, 2.24) is 9.97 Å². The van der Waals surface area contributed by atoms with Crippen LogP contribution in [0.1, 0.15) is 22.9 Å². The van der Waals surface area contributed by atoms with E-state index in [9.17, 15) is 0 Å². The molecule has 2 heterocycles. The van der Waals surface area contributed by atoms with Gasteiger partial charge in [-0.05, 0) is 36.2 Å². The van der Waals surface area contributed by atoms with E-state index >= 15 is 0 Å². The van der Waals surface area contributed by atoms with Crippen LogP contribution in [0.15, 0.2) is 47.4 Å². The summed E-state index contributed by atoms with van der Waals surface area (Å²) in [5.41, 5.74) is 4.88. The van der Waals surface area contributed by atoms with Crippen LogP contribution in [0.3, 0.4) is 0 Å². The Kier molecular flexibility index (Phi) is 2.42. The number of nitrogens with one attached hydrogen (secondary N) is 1. The minimum Gasteiger partial charge on any atom is -0.341 e. The lowest BCUT2D eigenvalue weighted by atomic mass is 10.0. The van der Waals surface area contributed by atoms with Crippen LogP contribution in [-0.2, 0) is 0 Å². The molecule has 2 aromatic carbocycles. The molecular formula is C16H14N2S. The van der Waals surface area contributed by atoms with E-state index in [-0.39, 0.29) is 0 Å². The van der Waals surface area contributed by atoms with Gasteiger partial charge in [0.25, 0.3) is 0 Å². The number of hydrogen-bond acceptors (Lipinski definition) is 2. The number of hydrogen-bond donors (Lipinski definition) is 1. The Morgan fingerprint density at radius 3 is 3.05 bits per heavy atom. The van der Waals surface area contributed by atoms with Crippen molar-refractivity contribution in [2.45, 2.75) is 17.7 Å². The van der Waals surface area contributed by atoms with Crippen LogP contribution in [0.25, 0.3) is 11.0 Å². The lowest BCUT2D eigenvalue weighted by Gasteiger charge is -2.06. The molecule has 0 radical (unpaired) electrons. The fourth-order valence-corrected chi connectivity index (χ4v) is 3.93. The average molecular weight is 266 g/mol.